The van der Waals surface area contributed by atoms with E-state index in [4.69, 9.17) is 0 Å². The number of piperidine rings is 2. The van der Waals surface area contributed by atoms with E-state index in [-0.39, 0.29) is 0 Å². The molecule has 3 aliphatic rings. The number of rotatable bonds is 0. The summed E-state index contributed by atoms with van der Waals surface area (Å²) in [4.78, 5) is 2.79. The first-order valence-corrected chi connectivity index (χ1v) is 8.20. The second-order valence-electron chi connectivity index (χ2n) is 7.08. The van der Waals surface area contributed by atoms with E-state index in [2.05, 4.69) is 24.1 Å². The van der Waals surface area contributed by atoms with Gasteiger partial charge in [-0.1, -0.05) is 6.92 Å². The molecule has 0 amide bonds. The summed E-state index contributed by atoms with van der Waals surface area (Å²) < 4.78 is 0. The van der Waals surface area contributed by atoms with E-state index in [9.17, 15) is 0 Å². The molecule has 0 spiro atoms. The molecule has 104 valence electrons. The van der Waals surface area contributed by atoms with Crippen LogP contribution in [0.4, 0.5) is 0 Å². The number of fused-ring (bicyclic) bond motifs is 4. The molecule has 0 aliphatic carbocycles. The van der Waals surface area contributed by atoms with Crippen LogP contribution in [0.25, 0.3) is 0 Å². The average Bonchev–Trinajstić information content (AvgIpc) is 2.38. The molecular weight excluding hydrogens is 220 g/mol. The van der Waals surface area contributed by atoms with Crippen LogP contribution in [0.2, 0.25) is 0 Å². The molecule has 3 saturated heterocycles. The summed E-state index contributed by atoms with van der Waals surface area (Å²) in [6.07, 6.45) is 7.28. The maximum absolute atomic E-state index is 3.69. The highest BCUT2D eigenvalue weighted by Crippen LogP contribution is 2.36. The van der Waals surface area contributed by atoms with Crippen molar-refractivity contribution >= 4 is 0 Å². The van der Waals surface area contributed by atoms with E-state index >= 15 is 0 Å². The fraction of sp³-hybridized carbons (Fsp3) is 1.00. The van der Waals surface area contributed by atoms with Crippen molar-refractivity contribution in [3.05, 3.63) is 0 Å². The van der Waals surface area contributed by atoms with E-state index in [0.29, 0.717) is 0 Å². The SMILES string of the molecule is CC1C2CCC3CCCN(CCC1CNC2)C3C. The molecule has 3 heterocycles. The number of nitrogens with zero attached hydrogens (tertiary/aromatic N) is 1. The van der Waals surface area contributed by atoms with Gasteiger partial charge in [0.1, 0.15) is 0 Å². The lowest BCUT2D eigenvalue weighted by molar-refractivity contribution is 0.0568. The molecule has 3 rings (SSSR count). The first-order chi connectivity index (χ1) is 8.75. The van der Waals surface area contributed by atoms with Crippen molar-refractivity contribution in [2.45, 2.75) is 52.0 Å². The molecule has 6 atom stereocenters. The normalized spacial score (nSPS) is 49.7. The molecule has 6 unspecified atom stereocenters. The van der Waals surface area contributed by atoms with Gasteiger partial charge < -0.3 is 10.2 Å². The van der Waals surface area contributed by atoms with Crippen LogP contribution >= 0.6 is 0 Å². The summed E-state index contributed by atoms with van der Waals surface area (Å²) in [5, 5.41) is 3.69. The highest BCUT2D eigenvalue weighted by molar-refractivity contribution is 4.88. The average molecular weight is 250 g/mol. The standard InChI is InChI=1S/C16H30N2/c1-12-15-6-5-14-4-3-8-18(13(14)2)9-7-16(12)11-17-10-15/h12-17H,3-11H2,1-2H3. The third kappa shape index (κ3) is 2.46. The number of hydrogen-bond donors (Lipinski definition) is 1. The first kappa shape index (κ1) is 12.9. The van der Waals surface area contributed by atoms with Gasteiger partial charge in [0.25, 0.3) is 0 Å². The zero-order chi connectivity index (χ0) is 12.5. The summed E-state index contributed by atoms with van der Waals surface area (Å²) in [6.45, 7) is 10.3. The summed E-state index contributed by atoms with van der Waals surface area (Å²) in [5.41, 5.74) is 0. The van der Waals surface area contributed by atoms with Gasteiger partial charge in [-0.05, 0) is 88.9 Å². The summed E-state index contributed by atoms with van der Waals surface area (Å²) in [6, 6.07) is 0.848. The van der Waals surface area contributed by atoms with Crippen molar-refractivity contribution < 1.29 is 0 Å². The second kappa shape index (κ2) is 5.50. The lowest BCUT2D eigenvalue weighted by Gasteiger charge is -2.45. The number of nitrogens with one attached hydrogen (secondary N) is 1. The Morgan fingerprint density at radius 2 is 1.56 bits per heavy atom. The van der Waals surface area contributed by atoms with Crippen LogP contribution in [0, 0.1) is 23.7 Å². The Labute approximate surface area is 113 Å². The Kier molecular flexibility index (Phi) is 3.95. The van der Waals surface area contributed by atoms with Gasteiger partial charge in [-0.15, -0.1) is 0 Å². The molecule has 0 saturated carbocycles. The Balaban J connectivity index is 1.74. The minimum absolute atomic E-state index is 0.848. The van der Waals surface area contributed by atoms with E-state index in [1.165, 1.54) is 58.3 Å². The minimum atomic E-state index is 0.848. The second-order valence-corrected chi connectivity index (χ2v) is 7.08. The van der Waals surface area contributed by atoms with Gasteiger partial charge in [-0.3, -0.25) is 0 Å². The molecule has 3 aliphatic heterocycles. The maximum atomic E-state index is 3.69. The molecule has 0 aromatic rings. The van der Waals surface area contributed by atoms with Crippen molar-refractivity contribution in [3.8, 4) is 0 Å². The van der Waals surface area contributed by atoms with Crippen molar-refractivity contribution in [1.82, 2.24) is 10.2 Å². The quantitative estimate of drug-likeness (QED) is 0.711. The molecule has 2 heteroatoms. The molecule has 0 aromatic carbocycles. The molecule has 3 fully saturated rings. The van der Waals surface area contributed by atoms with Gasteiger partial charge >= 0.3 is 0 Å². The zero-order valence-electron chi connectivity index (χ0n) is 12.2. The topological polar surface area (TPSA) is 15.3 Å². The van der Waals surface area contributed by atoms with Crippen LogP contribution in [0.15, 0.2) is 0 Å². The van der Waals surface area contributed by atoms with Crippen LogP contribution in [-0.4, -0.2) is 37.1 Å². The van der Waals surface area contributed by atoms with Crippen LogP contribution < -0.4 is 5.32 Å². The molecular formula is C16H30N2. The summed E-state index contributed by atoms with van der Waals surface area (Å²) in [7, 11) is 0. The van der Waals surface area contributed by atoms with E-state index in [0.717, 1.165) is 29.7 Å². The Hall–Kier alpha value is -0.0800. The fourth-order valence-electron chi connectivity index (χ4n) is 4.70. The third-order valence-corrected chi connectivity index (χ3v) is 6.27. The summed E-state index contributed by atoms with van der Waals surface area (Å²) >= 11 is 0. The maximum Gasteiger partial charge on any atom is 0.00952 e. The van der Waals surface area contributed by atoms with E-state index in [1.807, 2.05) is 0 Å². The Bertz CT molecular complexity index is 226. The van der Waals surface area contributed by atoms with Crippen LogP contribution in [0.1, 0.15) is 46.0 Å². The molecule has 0 radical (unpaired) electrons. The van der Waals surface area contributed by atoms with Crippen LogP contribution in [-0.2, 0) is 0 Å². The Morgan fingerprint density at radius 1 is 0.833 bits per heavy atom. The Morgan fingerprint density at radius 3 is 2.39 bits per heavy atom. The monoisotopic (exact) mass is 250 g/mol. The van der Waals surface area contributed by atoms with Gasteiger partial charge in [0.15, 0.2) is 0 Å². The van der Waals surface area contributed by atoms with Gasteiger partial charge in [0.05, 0.1) is 0 Å². The van der Waals surface area contributed by atoms with Gasteiger partial charge in [0.2, 0.25) is 0 Å². The van der Waals surface area contributed by atoms with Gasteiger partial charge in [0, 0.05) is 6.04 Å². The molecule has 4 bridgehead atoms. The van der Waals surface area contributed by atoms with Crippen molar-refractivity contribution in [2.24, 2.45) is 23.7 Å². The largest absolute Gasteiger partial charge is 0.316 e. The van der Waals surface area contributed by atoms with Gasteiger partial charge in [-0.2, -0.15) is 0 Å². The highest BCUT2D eigenvalue weighted by atomic mass is 15.2. The molecule has 2 nitrogen and oxygen atoms in total. The smallest absolute Gasteiger partial charge is 0.00952 e. The van der Waals surface area contributed by atoms with Crippen LogP contribution in [0.3, 0.4) is 0 Å². The highest BCUT2D eigenvalue weighted by Gasteiger charge is 2.34. The van der Waals surface area contributed by atoms with Crippen molar-refractivity contribution in [1.29, 1.82) is 0 Å². The van der Waals surface area contributed by atoms with Gasteiger partial charge in [-0.25, -0.2) is 0 Å². The summed E-state index contributed by atoms with van der Waals surface area (Å²) in [5.74, 6) is 3.80. The van der Waals surface area contributed by atoms with E-state index in [1.54, 1.807) is 0 Å². The van der Waals surface area contributed by atoms with E-state index < -0.39 is 0 Å². The third-order valence-electron chi connectivity index (χ3n) is 6.27. The first-order valence-electron chi connectivity index (χ1n) is 8.20. The lowest BCUT2D eigenvalue weighted by Crippen LogP contribution is -2.49. The predicted molar refractivity (Wildman–Crippen MR) is 76.6 cm³/mol. The predicted octanol–water partition coefficient (Wildman–Crippen LogP) is 2.74. The molecule has 18 heavy (non-hydrogen) atoms. The number of hydrogen-bond acceptors (Lipinski definition) is 2. The molecule has 1 N–H and O–H groups in total. The van der Waals surface area contributed by atoms with Crippen molar-refractivity contribution in [3.63, 3.8) is 0 Å². The fourth-order valence-corrected chi connectivity index (χ4v) is 4.70. The lowest BCUT2D eigenvalue weighted by atomic mass is 9.73. The molecule has 0 aromatic heterocycles. The van der Waals surface area contributed by atoms with Crippen LogP contribution in [0.5, 0.6) is 0 Å². The minimum Gasteiger partial charge on any atom is -0.316 e. The van der Waals surface area contributed by atoms with Crippen molar-refractivity contribution in [2.75, 3.05) is 26.2 Å². The zero-order valence-corrected chi connectivity index (χ0v) is 12.2.